The van der Waals surface area contributed by atoms with E-state index in [9.17, 15) is 4.79 Å². The van der Waals surface area contributed by atoms with Gasteiger partial charge in [-0.15, -0.1) is 0 Å². The van der Waals surface area contributed by atoms with Crippen LogP contribution in [0, 0.1) is 0 Å². The van der Waals surface area contributed by atoms with E-state index in [0.717, 1.165) is 38.1 Å². The number of ether oxygens (including phenoxy) is 2. The maximum Gasteiger partial charge on any atom is 0.335 e. The van der Waals surface area contributed by atoms with Crippen LogP contribution < -0.4 is 0 Å². The van der Waals surface area contributed by atoms with E-state index >= 15 is 0 Å². The lowest BCUT2D eigenvalue weighted by molar-refractivity contribution is -0.145. The van der Waals surface area contributed by atoms with Crippen molar-refractivity contribution in [3.63, 3.8) is 0 Å². The van der Waals surface area contributed by atoms with E-state index in [2.05, 4.69) is 4.90 Å². The largest absolute Gasteiger partial charge is 0.459 e. The third-order valence-electron chi connectivity index (χ3n) is 3.65. The highest BCUT2D eigenvalue weighted by atomic mass is 16.5. The summed E-state index contributed by atoms with van der Waals surface area (Å²) in [6, 6.07) is 0.512. The summed E-state index contributed by atoms with van der Waals surface area (Å²) in [7, 11) is 0. The van der Waals surface area contributed by atoms with Crippen molar-refractivity contribution in [3.05, 3.63) is 11.6 Å². The van der Waals surface area contributed by atoms with Gasteiger partial charge in [0.1, 0.15) is 6.10 Å². The van der Waals surface area contributed by atoms with Crippen molar-refractivity contribution in [2.24, 2.45) is 0 Å². The van der Waals surface area contributed by atoms with Crippen LogP contribution in [0.25, 0.3) is 0 Å². The number of morpholine rings is 1. The number of likely N-dealkylation sites (tertiary alicyclic amines) is 1. The Bertz CT molecular complexity index is 339. The van der Waals surface area contributed by atoms with Gasteiger partial charge in [0.25, 0.3) is 0 Å². The second-order valence-corrected chi connectivity index (χ2v) is 4.96. The number of esters is 1. The van der Waals surface area contributed by atoms with E-state index < -0.39 is 0 Å². The molecule has 16 heavy (non-hydrogen) atoms. The zero-order valence-electron chi connectivity index (χ0n) is 9.52. The molecule has 0 N–H and O–H groups in total. The van der Waals surface area contributed by atoms with Crippen molar-refractivity contribution < 1.29 is 14.3 Å². The molecule has 0 amide bonds. The lowest BCUT2D eigenvalue weighted by Crippen LogP contribution is -2.40. The van der Waals surface area contributed by atoms with Gasteiger partial charge in [0.15, 0.2) is 0 Å². The van der Waals surface area contributed by atoms with E-state index in [-0.39, 0.29) is 12.1 Å². The number of hydrogen-bond acceptors (Lipinski definition) is 4. The van der Waals surface area contributed by atoms with Gasteiger partial charge in [-0.05, 0) is 13.3 Å². The van der Waals surface area contributed by atoms with Crippen molar-refractivity contribution in [1.29, 1.82) is 0 Å². The standard InChI is InChI=1S/C12H17NO3/c1-8-2-3-9(12(14)16-8)5-13-6-11-4-10(13)7-15-11/h3,8,10-11H,2,4-7H2,1H3. The topological polar surface area (TPSA) is 38.8 Å². The summed E-state index contributed by atoms with van der Waals surface area (Å²) in [5.74, 6) is -0.137. The van der Waals surface area contributed by atoms with Crippen LogP contribution in [0.5, 0.6) is 0 Å². The zero-order valence-corrected chi connectivity index (χ0v) is 9.52. The normalized spacial score (nSPS) is 38.7. The molecule has 0 radical (unpaired) electrons. The predicted octanol–water partition coefficient (Wildman–Crippen LogP) is 0.721. The molecule has 2 bridgehead atoms. The van der Waals surface area contributed by atoms with E-state index in [0.29, 0.717) is 12.1 Å². The second kappa shape index (κ2) is 3.86. The van der Waals surface area contributed by atoms with Gasteiger partial charge in [-0.2, -0.15) is 0 Å². The predicted molar refractivity (Wildman–Crippen MR) is 58.0 cm³/mol. The molecule has 0 spiro atoms. The summed E-state index contributed by atoms with van der Waals surface area (Å²) in [4.78, 5) is 14.0. The Balaban J connectivity index is 1.64. The highest BCUT2D eigenvalue weighted by Gasteiger charge is 2.39. The molecular weight excluding hydrogens is 206 g/mol. The van der Waals surface area contributed by atoms with Crippen molar-refractivity contribution >= 4 is 5.97 Å². The Morgan fingerprint density at radius 3 is 3.06 bits per heavy atom. The first kappa shape index (κ1) is 10.3. The molecule has 0 saturated carbocycles. The van der Waals surface area contributed by atoms with Gasteiger partial charge in [0.2, 0.25) is 0 Å². The van der Waals surface area contributed by atoms with E-state index in [1.165, 1.54) is 0 Å². The summed E-state index contributed by atoms with van der Waals surface area (Å²) in [6.45, 7) is 4.45. The fraction of sp³-hybridized carbons (Fsp3) is 0.750. The lowest BCUT2D eigenvalue weighted by Gasteiger charge is -2.28. The van der Waals surface area contributed by atoms with Crippen LogP contribution in [-0.2, 0) is 14.3 Å². The Hall–Kier alpha value is -0.870. The molecule has 2 saturated heterocycles. The van der Waals surface area contributed by atoms with Crippen LogP contribution in [0.2, 0.25) is 0 Å². The van der Waals surface area contributed by atoms with Crippen LogP contribution in [0.3, 0.4) is 0 Å². The third-order valence-corrected chi connectivity index (χ3v) is 3.65. The molecule has 3 atom stereocenters. The number of carbonyl (C=O) groups excluding carboxylic acids is 1. The van der Waals surface area contributed by atoms with Crippen LogP contribution in [0.4, 0.5) is 0 Å². The Morgan fingerprint density at radius 2 is 2.44 bits per heavy atom. The summed E-state index contributed by atoms with van der Waals surface area (Å²) in [6.07, 6.45) is 4.43. The Morgan fingerprint density at radius 1 is 1.56 bits per heavy atom. The van der Waals surface area contributed by atoms with Crippen LogP contribution in [0.15, 0.2) is 11.6 Å². The molecule has 88 valence electrons. The molecular formula is C12H17NO3. The van der Waals surface area contributed by atoms with Crippen LogP contribution >= 0.6 is 0 Å². The van der Waals surface area contributed by atoms with Gasteiger partial charge < -0.3 is 9.47 Å². The highest BCUT2D eigenvalue weighted by Crippen LogP contribution is 2.29. The van der Waals surface area contributed by atoms with E-state index in [1.807, 2.05) is 13.0 Å². The van der Waals surface area contributed by atoms with Crippen molar-refractivity contribution in [1.82, 2.24) is 4.90 Å². The molecule has 3 heterocycles. The smallest absolute Gasteiger partial charge is 0.335 e. The molecule has 4 heteroatoms. The summed E-state index contributed by atoms with van der Waals surface area (Å²) in [5, 5.41) is 0. The first-order valence-corrected chi connectivity index (χ1v) is 5.98. The minimum atomic E-state index is -0.137. The summed E-state index contributed by atoms with van der Waals surface area (Å²) >= 11 is 0. The fourth-order valence-electron chi connectivity index (χ4n) is 2.72. The fourth-order valence-corrected chi connectivity index (χ4v) is 2.72. The zero-order chi connectivity index (χ0) is 11.1. The monoisotopic (exact) mass is 223 g/mol. The van der Waals surface area contributed by atoms with Crippen LogP contribution in [0.1, 0.15) is 19.8 Å². The maximum atomic E-state index is 11.7. The molecule has 0 aromatic rings. The number of cyclic esters (lactones) is 1. The Kier molecular flexibility index (Phi) is 2.48. The SMILES string of the molecule is CC1CC=C(CN2CC3CC2CO3)C(=O)O1. The second-order valence-electron chi connectivity index (χ2n) is 4.96. The number of hydrogen-bond donors (Lipinski definition) is 0. The van der Waals surface area contributed by atoms with Gasteiger partial charge in [0.05, 0.1) is 12.7 Å². The first-order chi connectivity index (χ1) is 7.72. The van der Waals surface area contributed by atoms with Crippen molar-refractivity contribution in [2.45, 2.75) is 38.0 Å². The minimum absolute atomic E-state index is 0.0367. The average molecular weight is 223 g/mol. The number of nitrogens with zero attached hydrogens (tertiary/aromatic N) is 1. The number of fused-ring (bicyclic) bond motifs is 2. The number of carbonyl (C=O) groups is 1. The molecule has 0 aliphatic carbocycles. The summed E-state index contributed by atoms with van der Waals surface area (Å²) < 4.78 is 10.8. The molecule has 4 nitrogen and oxygen atoms in total. The molecule has 2 fully saturated rings. The van der Waals surface area contributed by atoms with Gasteiger partial charge in [-0.25, -0.2) is 4.79 Å². The first-order valence-electron chi connectivity index (χ1n) is 5.98. The average Bonchev–Trinajstić information content (AvgIpc) is 2.84. The van der Waals surface area contributed by atoms with E-state index in [4.69, 9.17) is 9.47 Å². The van der Waals surface area contributed by atoms with Gasteiger partial charge in [-0.1, -0.05) is 6.08 Å². The van der Waals surface area contributed by atoms with E-state index in [1.54, 1.807) is 0 Å². The molecule has 3 rings (SSSR count). The Labute approximate surface area is 95.2 Å². The summed E-state index contributed by atoms with van der Waals surface area (Å²) in [5.41, 5.74) is 0.825. The molecule has 0 aromatic heterocycles. The molecule has 3 aliphatic heterocycles. The maximum absolute atomic E-state index is 11.7. The number of rotatable bonds is 2. The highest BCUT2D eigenvalue weighted by molar-refractivity contribution is 5.89. The van der Waals surface area contributed by atoms with Gasteiger partial charge >= 0.3 is 5.97 Å². The van der Waals surface area contributed by atoms with Gasteiger partial charge in [-0.3, -0.25) is 4.90 Å². The molecule has 0 aromatic carbocycles. The van der Waals surface area contributed by atoms with Crippen LogP contribution in [-0.4, -0.2) is 48.8 Å². The lowest BCUT2D eigenvalue weighted by atomic mass is 10.1. The van der Waals surface area contributed by atoms with Crippen molar-refractivity contribution in [2.75, 3.05) is 19.7 Å². The molecule has 3 aliphatic rings. The van der Waals surface area contributed by atoms with Gasteiger partial charge in [0, 0.05) is 31.1 Å². The minimum Gasteiger partial charge on any atom is -0.459 e. The molecule has 3 unspecified atom stereocenters. The third kappa shape index (κ3) is 1.76. The quantitative estimate of drug-likeness (QED) is 0.647. The van der Waals surface area contributed by atoms with Crippen molar-refractivity contribution in [3.8, 4) is 0 Å².